The van der Waals surface area contributed by atoms with Gasteiger partial charge in [-0.2, -0.15) is 5.26 Å². The number of thiazole rings is 1. The van der Waals surface area contributed by atoms with Crippen LogP contribution in [0.2, 0.25) is 0 Å². The fourth-order valence-electron chi connectivity index (χ4n) is 2.38. The van der Waals surface area contributed by atoms with Gasteiger partial charge in [-0.05, 0) is 32.6 Å². The molecule has 3 rings (SSSR count). The van der Waals surface area contributed by atoms with Gasteiger partial charge in [-0.3, -0.25) is 4.79 Å². The Morgan fingerprint density at radius 2 is 2.14 bits per heavy atom. The van der Waals surface area contributed by atoms with Crippen LogP contribution in [0.3, 0.4) is 0 Å². The summed E-state index contributed by atoms with van der Waals surface area (Å²) >= 11 is 1.48. The molecule has 0 bridgehead atoms. The van der Waals surface area contributed by atoms with Crippen molar-refractivity contribution in [1.29, 1.82) is 5.26 Å². The Kier molecular flexibility index (Phi) is 3.73. The molecule has 0 saturated carbocycles. The Morgan fingerprint density at radius 3 is 2.86 bits per heavy atom. The zero-order valence-electron chi connectivity index (χ0n) is 11.9. The molecule has 0 amide bonds. The summed E-state index contributed by atoms with van der Waals surface area (Å²) in [5, 5.41) is 27.2. The van der Waals surface area contributed by atoms with E-state index in [0.717, 1.165) is 31.4 Å². The van der Waals surface area contributed by atoms with Gasteiger partial charge in [-0.25, -0.2) is 4.98 Å². The molecule has 0 aromatic carbocycles. The average Bonchev–Trinajstić information content (AvgIpc) is 2.93. The zero-order chi connectivity index (χ0) is 15.7. The molecule has 0 saturated heterocycles. The predicted octanol–water partition coefficient (Wildman–Crippen LogP) is 3.01. The van der Waals surface area contributed by atoms with Crippen molar-refractivity contribution in [3.05, 3.63) is 32.1 Å². The van der Waals surface area contributed by atoms with E-state index in [1.807, 2.05) is 0 Å². The highest BCUT2D eigenvalue weighted by atomic mass is 32.1. The van der Waals surface area contributed by atoms with Crippen LogP contribution in [0.1, 0.15) is 34.5 Å². The van der Waals surface area contributed by atoms with Crippen molar-refractivity contribution in [2.45, 2.75) is 32.6 Å². The number of nitrogens with one attached hydrogen (secondary N) is 1. The molecular weight excluding hydrogens is 302 g/mol. The van der Waals surface area contributed by atoms with Crippen LogP contribution in [0.15, 0.2) is 15.0 Å². The SMILES string of the molecule is Cc1c(O)c(N=Nc2nc3c(s2)CCCC3)[nH]c(=O)c1C#N. The minimum Gasteiger partial charge on any atom is -0.504 e. The lowest BCUT2D eigenvalue weighted by Crippen LogP contribution is -2.11. The van der Waals surface area contributed by atoms with Crippen molar-refractivity contribution in [2.24, 2.45) is 10.2 Å². The minimum atomic E-state index is -0.592. The molecule has 8 heteroatoms. The molecule has 0 atom stereocenters. The van der Waals surface area contributed by atoms with Gasteiger partial charge in [0.25, 0.3) is 5.56 Å². The van der Waals surface area contributed by atoms with E-state index >= 15 is 0 Å². The van der Waals surface area contributed by atoms with Crippen LogP contribution in [-0.2, 0) is 12.8 Å². The van der Waals surface area contributed by atoms with Crippen molar-refractivity contribution in [1.82, 2.24) is 9.97 Å². The number of aromatic amines is 1. The second-order valence-corrected chi connectivity index (χ2v) is 6.10. The smallest absolute Gasteiger partial charge is 0.268 e. The highest BCUT2D eigenvalue weighted by molar-refractivity contribution is 7.15. The van der Waals surface area contributed by atoms with Gasteiger partial charge in [0.15, 0.2) is 11.6 Å². The average molecular weight is 315 g/mol. The Balaban J connectivity index is 1.95. The molecule has 2 aromatic heterocycles. The number of azo groups is 1. The summed E-state index contributed by atoms with van der Waals surface area (Å²) in [4.78, 5) is 19.7. The second kappa shape index (κ2) is 5.69. The van der Waals surface area contributed by atoms with Crippen LogP contribution >= 0.6 is 11.3 Å². The third-order valence-corrected chi connectivity index (χ3v) is 4.64. The first-order valence-electron chi connectivity index (χ1n) is 6.86. The van der Waals surface area contributed by atoms with E-state index in [0.29, 0.717) is 5.13 Å². The maximum Gasteiger partial charge on any atom is 0.268 e. The van der Waals surface area contributed by atoms with Gasteiger partial charge < -0.3 is 10.1 Å². The molecule has 0 unspecified atom stereocenters. The van der Waals surface area contributed by atoms with E-state index in [4.69, 9.17) is 5.26 Å². The lowest BCUT2D eigenvalue weighted by Gasteiger charge is -2.06. The van der Waals surface area contributed by atoms with Crippen LogP contribution in [-0.4, -0.2) is 15.1 Å². The molecule has 0 radical (unpaired) electrons. The zero-order valence-corrected chi connectivity index (χ0v) is 12.7. The van der Waals surface area contributed by atoms with Crippen LogP contribution < -0.4 is 5.56 Å². The maximum atomic E-state index is 11.7. The summed E-state index contributed by atoms with van der Waals surface area (Å²) < 4.78 is 0. The monoisotopic (exact) mass is 315 g/mol. The minimum absolute atomic E-state index is 0.0605. The summed E-state index contributed by atoms with van der Waals surface area (Å²) in [5.74, 6) is -0.309. The number of aromatic nitrogens is 2. The normalized spacial score (nSPS) is 14.0. The van der Waals surface area contributed by atoms with E-state index < -0.39 is 5.56 Å². The van der Waals surface area contributed by atoms with Crippen LogP contribution in [0.5, 0.6) is 5.75 Å². The molecule has 1 aliphatic rings. The van der Waals surface area contributed by atoms with Gasteiger partial charge in [-0.1, -0.05) is 11.3 Å². The summed E-state index contributed by atoms with van der Waals surface area (Å²) in [6, 6.07) is 1.75. The quantitative estimate of drug-likeness (QED) is 0.829. The number of aryl methyl sites for hydroxylation is 2. The van der Waals surface area contributed by atoms with E-state index in [9.17, 15) is 9.90 Å². The fraction of sp³-hybridized carbons (Fsp3) is 0.357. The van der Waals surface area contributed by atoms with Crippen LogP contribution in [0.25, 0.3) is 0 Å². The molecule has 2 N–H and O–H groups in total. The summed E-state index contributed by atoms with van der Waals surface area (Å²) in [5.41, 5.74) is 0.545. The summed E-state index contributed by atoms with van der Waals surface area (Å²) in [6.07, 6.45) is 4.27. The lowest BCUT2D eigenvalue weighted by molar-refractivity contribution is 0.469. The number of fused-ring (bicyclic) bond motifs is 1. The number of pyridine rings is 1. The standard InChI is InChI=1S/C14H13N5O2S/c1-7-8(6-15)13(21)17-12(11(7)20)18-19-14-16-9-4-2-3-5-10(9)22-14/h20H,2-5H2,1H3,(H,17,21). The Hall–Kier alpha value is -2.53. The molecule has 7 nitrogen and oxygen atoms in total. The maximum absolute atomic E-state index is 11.7. The lowest BCUT2D eigenvalue weighted by atomic mass is 10.0. The van der Waals surface area contributed by atoms with Gasteiger partial charge in [0.05, 0.1) is 5.69 Å². The van der Waals surface area contributed by atoms with E-state index in [1.165, 1.54) is 23.1 Å². The molecule has 0 aliphatic heterocycles. The van der Waals surface area contributed by atoms with Crippen LogP contribution in [0.4, 0.5) is 10.9 Å². The Morgan fingerprint density at radius 1 is 1.36 bits per heavy atom. The third kappa shape index (κ3) is 2.51. The molecule has 1 aliphatic carbocycles. The van der Waals surface area contributed by atoms with Gasteiger partial charge in [0.2, 0.25) is 5.13 Å². The molecule has 0 spiro atoms. The number of nitrogens with zero attached hydrogens (tertiary/aromatic N) is 4. The molecule has 112 valence electrons. The fourth-order valence-corrected chi connectivity index (χ4v) is 3.35. The van der Waals surface area contributed by atoms with Crippen molar-refractivity contribution >= 4 is 22.3 Å². The van der Waals surface area contributed by atoms with Crippen molar-refractivity contribution in [2.75, 3.05) is 0 Å². The summed E-state index contributed by atoms with van der Waals surface area (Å²) in [6.45, 7) is 1.49. The van der Waals surface area contributed by atoms with Crippen molar-refractivity contribution < 1.29 is 5.11 Å². The Labute approximate surface area is 130 Å². The number of aromatic hydroxyl groups is 1. The highest BCUT2D eigenvalue weighted by Crippen LogP contribution is 2.33. The number of nitriles is 1. The van der Waals surface area contributed by atoms with E-state index in [1.54, 1.807) is 6.07 Å². The number of hydrogen-bond acceptors (Lipinski definition) is 7. The first-order chi connectivity index (χ1) is 10.6. The van der Waals surface area contributed by atoms with Crippen LogP contribution in [0, 0.1) is 18.3 Å². The van der Waals surface area contributed by atoms with Gasteiger partial charge in [0, 0.05) is 10.4 Å². The van der Waals surface area contributed by atoms with Crippen molar-refractivity contribution in [3.63, 3.8) is 0 Å². The Bertz CT molecular complexity index is 836. The first kappa shape index (κ1) is 14.4. The third-order valence-electron chi connectivity index (χ3n) is 3.60. The second-order valence-electron chi connectivity index (χ2n) is 5.04. The number of hydrogen-bond donors (Lipinski definition) is 2. The largest absolute Gasteiger partial charge is 0.504 e. The van der Waals surface area contributed by atoms with E-state index in [2.05, 4.69) is 20.2 Å². The molecular formula is C14H13N5O2S. The number of rotatable bonds is 2. The van der Waals surface area contributed by atoms with Gasteiger partial charge in [0.1, 0.15) is 11.6 Å². The topological polar surface area (TPSA) is 114 Å². The number of H-pyrrole nitrogens is 1. The molecule has 0 fully saturated rings. The first-order valence-corrected chi connectivity index (χ1v) is 7.68. The highest BCUT2D eigenvalue weighted by Gasteiger charge is 2.16. The molecule has 2 aromatic rings. The van der Waals surface area contributed by atoms with Crippen molar-refractivity contribution in [3.8, 4) is 11.8 Å². The predicted molar refractivity (Wildman–Crippen MR) is 81.1 cm³/mol. The molecule has 2 heterocycles. The summed E-state index contributed by atoms with van der Waals surface area (Å²) in [7, 11) is 0. The van der Waals surface area contributed by atoms with Gasteiger partial charge >= 0.3 is 0 Å². The molecule has 22 heavy (non-hydrogen) atoms. The van der Waals surface area contributed by atoms with Gasteiger partial charge in [-0.15, -0.1) is 10.2 Å². The van der Waals surface area contributed by atoms with E-state index in [-0.39, 0.29) is 22.7 Å².